The SMILES string of the molecule is CNC(CCC(C)(C)OC)C1CCCCS1. The van der Waals surface area contributed by atoms with Gasteiger partial charge in [0.1, 0.15) is 0 Å². The molecule has 1 heterocycles. The first-order valence-electron chi connectivity index (χ1n) is 6.43. The minimum absolute atomic E-state index is 0.0223. The predicted octanol–water partition coefficient (Wildman–Crippen LogP) is 3.07. The first-order valence-corrected chi connectivity index (χ1v) is 7.48. The second-order valence-electron chi connectivity index (χ2n) is 5.30. The van der Waals surface area contributed by atoms with Crippen LogP contribution in [0.25, 0.3) is 0 Å². The molecular weight excluding hydrogens is 218 g/mol. The minimum atomic E-state index is 0.0223. The van der Waals surface area contributed by atoms with Crippen LogP contribution < -0.4 is 5.32 Å². The van der Waals surface area contributed by atoms with Crippen molar-refractivity contribution in [3.8, 4) is 0 Å². The van der Waals surface area contributed by atoms with Gasteiger partial charge in [-0.05, 0) is 52.3 Å². The zero-order valence-electron chi connectivity index (χ0n) is 11.2. The zero-order valence-corrected chi connectivity index (χ0v) is 12.0. The highest BCUT2D eigenvalue weighted by molar-refractivity contribution is 8.00. The molecule has 0 aromatic heterocycles. The summed E-state index contributed by atoms with van der Waals surface area (Å²) in [6, 6.07) is 0.653. The van der Waals surface area contributed by atoms with Gasteiger partial charge in [0.15, 0.2) is 0 Å². The molecule has 1 N–H and O–H groups in total. The molecule has 2 unspecified atom stereocenters. The predicted molar refractivity (Wildman–Crippen MR) is 73.3 cm³/mol. The van der Waals surface area contributed by atoms with Crippen molar-refractivity contribution in [1.82, 2.24) is 5.32 Å². The van der Waals surface area contributed by atoms with E-state index in [-0.39, 0.29) is 5.60 Å². The summed E-state index contributed by atoms with van der Waals surface area (Å²) in [6.45, 7) is 4.35. The number of hydrogen-bond acceptors (Lipinski definition) is 3. The molecule has 0 bridgehead atoms. The topological polar surface area (TPSA) is 21.3 Å². The summed E-state index contributed by atoms with van der Waals surface area (Å²) >= 11 is 2.15. The molecule has 1 aliphatic heterocycles. The Kier molecular flexibility index (Phi) is 6.16. The Balaban J connectivity index is 2.36. The molecular formula is C13H27NOS. The van der Waals surface area contributed by atoms with E-state index in [0.29, 0.717) is 6.04 Å². The lowest BCUT2D eigenvalue weighted by Crippen LogP contribution is -2.39. The van der Waals surface area contributed by atoms with Crippen LogP contribution in [0.3, 0.4) is 0 Å². The normalized spacial score (nSPS) is 24.4. The van der Waals surface area contributed by atoms with E-state index in [4.69, 9.17) is 4.74 Å². The monoisotopic (exact) mass is 245 g/mol. The van der Waals surface area contributed by atoms with Crippen LogP contribution in [0.2, 0.25) is 0 Å². The van der Waals surface area contributed by atoms with Crippen LogP contribution in [0.15, 0.2) is 0 Å². The van der Waals surface area contributed by atoms with Crippen LogP contribution in [0, 0.1) is 0 Å². The number of hydrogen-bond donors (Lipinski definition) is 1. The molecule has 3 heteroatoms. The van der Waals surface area contributed by atoms with Gasteiger partial charge in [0.2, 0.25) is 0 Å². The molecule has 96 valence electrons. The third kappa shape index (κ3) is 4.64. The van der Waals surface area contributed by atoms with E-state index in [1.807, 2.05) is 7.11 Å². The van der Waals surface area contributed by atoms with Gasteiger partial charge in [-0.3, -0.25) is 0 Å². The first kappa shape index (κ1) is 14.3. The average molecular weight is 245 g/mol. The van der Waals surface area contributed by atoms with Crippen LogP contribution in [0.1, 0.15) is 46.0 Å². The lowest BCUT2D eigenvalue weighted by Gasteiger charge is -2.32. The van der Waals surface area contributed by atoms with E-state index < -0.39 is 0 Å². The van der Waals surface area contributed by atoms with E-state index in [1.54, 1.807) is 0 Å². The maximum absolute atomic E-state index is 5.49. The smallest absolute Gasteiger partial charge is 0.0623 e. The van der Waals surface area contributed by atoms with Crippen LogP contribution in [-0.2, 0) is 4.74 Å². The lowest BCUT2D eigenvalue weighted by molar-refractivity contribution is 0.0118. The second kappa shape index (κ2) is 6.87. The van der Waals surface area contributed by atoms with Gasteiger partial charge in [-0.25, -0.2) is 0 Å². The molecule has 0 amide bonds. The fourth-order valence-electron chi connectivity index (χ4n) is 2.20. The van der Waals surface area contributed by atoms with E-state index >= 15 is 0 Å². The summed E-state index contributed by atoms with van der Waals surface area (Å²) in [6.07, 6.45) is 6.54. The summed E-state index contributed by atoms with van der Waals surface area (Å²) in [7, 11) is 3.91. The second-order valence-corrected chi connectivity index (χ2v) is 6.65. The highest BCUT2D eigenvalue weighted by Gasteiger charge is 2.25. The van der Waals surface area contributed by atoms with Crippen LogP contribution in [0.5, 0.6) is 0 Å². The van der Waals surface area contributed by atoms with Gasteiger partial charge in [-0.2, -0.15) is 11.8 Å². The molecule has 1 rings (SSSR count). The first-order chi connectivity index (χ1) is 7.59. The van der Waals surface area contributed by atoms with Crippen LogP contribution in [-0.4, -0.2) is 36.8 Å². The Morgan fingerprint density at radius 3 is 2.69 bits per heavy atom. The van der Waals surface area contributed by atoms with Gasteiger partial charge in [0.05, 0.1) is 5.60 Å². The molecule has 0 aliphatic carbocycles. The van der Waals surface area contributed by atoms with Crippen LogP contribution >= 0.6 is 11.8 Å². The minimum Gasteiger partial charge on any atom is -0.379 e. The number of methoxy groups -OCH3 is 1. The van der Waals surface area contributed by atoms with E-state index in [2.05, 4.69) is 38.0 Å². The Hall–Kier alpha value is 0.270. The van der Waals surface area contributed by atoms with Gasteiger partial charge >= 0.3 is 0 Å². The maximum Gasteiger partial charge on any atom is 0.0623 e. The molecule has 0 aromatic carbocycles. The molecule has 0 saturated carbocycles. The average Bonchev–Trinajstić information content (AvgIpc) is 2.31. The van der Waals surface area contributed by atoms with E-state index in [9.17, 15) is 0 Å². The Morgan fingerprint density at radius 1 is 1.44 bits per heavy atom. The molecule has 1 fully saturated rings. The summed E-state index contributed by atoms with van der Waals surface area (Å²) in [5, 5.41) is 4.30. The fraction of sp³-hybridized carbons (Fsp3) is 1.00. The van der Waals surface area contributed by atoms with Gasteiger partial charge in [0.25, 0.3) is 0 Å². The van der Waals surface area contributed by atoms with Gasteiger partial charge in [-0.1, -0.05) is 6.42 Å². The van der Waals surface area contributed by atoms with Gasteiger partial charge in [-0.15, -0.1) is 0 Å². The molecule has 0 spiro atoms. The number of ether oxygens (including phenoxy) is 1. The number of thioether (sulfide) groups is 1. The third-order valence-electron chi connectivity index (χ3n) is 3.64. The molecule has 1 saturated heterocycles. The van der Waals surface area contributed by atoms with Crippen molar-refractivity contribution in [2.24, 2.45) is 0 Å². The quantitative estimate of drug-likeness (QED) is 0.777. The highest BCUT2D eigenvalue weighted by Crippen LogP contribution is 2.30. The summed E-state index contributed by atoms with van der Waals surface area (Å²) in [5.41, 5.74) is 0.0223. The number of rotatable bonds is 6. The molecule has 16 heavy (non-hydrogen) atoms. The van der Waals surface area contributed by atoms with Crippen molar-refractivity contribution < 1.29 is 4.74 Å². The van der Waals surface area contributed by atoms with E-state index in [0.717, 1.165) is 11.7 Å². The molecule has 2 atom stereocenters. The summed E-state index contributed by atoms with van der Waals surface area (Å²) in [4.78, 5) is 0. The highest BCUT2D eigenvalue weighted by atomic mass is 32.2. The molecule has 0 aromatic rings. The van der Waals surface area contributed by atoms with Crippen LogP contribution in [0.4, 0.5) is 0 Å². The number of nitrogens with one attached hydrogen (secondary N) is 1. The summed E-state index contributed by atoms with van der Waals surface area (Å²) < 4.78 is 5.49. The fourth-order valence-corrected chi connectivity index (χ4v) is 3.72. The third-order valence-corrected chi connectivity index (χ3v) is 5.16. The van der Waals surface area contributed by atoms with Crippen molar-refractivity contribution in [3.63, 3.8) is 0 Å². The van der Waals surface area contributed by atoms with Crippen molar-refractivity contribution in [3.05, 3.63) is 0 Å². The summed E-state index contributed by atoms with van der Waals surface area (Å²) in [5.74, 6) is 1.34. The van der Waals surface area contributed by atoms with Crippen molar-refractivity contribution in [2.75, 3.05) is 19.9 Å². The maximum atomic E-state index is 5.49. The Labute approximate surface area is 105 Å². The van der Waals surface area contributed by atoms with Gasteiger partial charge in [0, 0.05) is 18.4 Å². The Bertz CT molecular complexity index is 190. The van der Waals surface area contributed by atoms with Crippen molar-refractivity contribution >= 4 is 11.8 Å². The standard InChI is InChI=1S/C13H27NOS/c1-13(2,15-4)9-8-11(14-3)12-7-5-6-10-16-12/h11-12,14H,5-10H2,1-4H3. The largest absolute Gasteiger partial charge is 0.379 e. The molecule has 1 aliphatic rings. The van der Waals surface area contributed by atoms with Gasteiger partial charge < -0.3 is 10.1 Å². The molecule has 2 nitrogen and oxygen atoms in total. The van der Waals surface area contributed by atoms with Crippen molar-refractivity contribution in [2.45, 2.75) is 62.8 Å². The zero-order chi connectivity index (χ0) is 12.0. The molecule has 0 radical (unpaired) electrons. The van der Waals surface area contributed by atoms with E-state index in [1.165, 1.54) is 31.4 Å². The van der Waals surface area contributed by atoms with Crippen molar-refractivity contribution in [1.29, 1.82) is 0 Å². The Morgan fingerprint density at radius 2 is 2.19 bits per heavy atom. The lowest BCUT2D eigenvalue weighted by atomic mass is 9.95.